The lowest BCUT2D eigenvalue weighted by Gasteiger charge is -2.31. The number of fused-ring (bicyclic) bond motifs is 6. The highest BCUT2D eigenvalue weighted by atomic mass is 32.2. The van der Waals surface area contributed by atoms with Gasteiger partial charge in [-0.2, -0.15) is 0 Å². The van der Waals surface area contributed by atoms with Crippen LogP contribution in [0.4, 0.5) is 14.5 Å². The molecule has 75 heavy (non-hydrogen) atoms. The zero-order valence-electron chi connectivity index (χ0n) is 41.1. The number of aliphatic hydroxyl groups is 1. The normalized spacial score (nSPS) is 17.4. The van der Waals surface area contributed by atoms with Gasteiger partial charge in [-0.1, -0.05) is 20.8 Å². The highest BCUT2D eigenvalue weighted by Gasteiger charge is 2.46. The highest BCUT2D eigenvalue weighted by molar-refractivity contribution is 7.94. The molecule has 0 saturated heterocycles. The molecule has 22 nitrogen and oxygen atoms in total. The number of hydrogen-bond donors (Lipinski definition) is 5. The van der Waals surface area contributed by atoms with E-state index in [-0.39, 0.29) is 116 Å². The standard InChI is InChI=1S/C49H53F2N7O15S2/c1-5-49(65)30-15-35-40-28(18-58(35)46(63)29(30)19-73-47(49)64)26-8-12-72-42-38(26)34(54-40)17-32(51)41(42)57-43(60)24(4)53-45(62)39(23(2)3)56-37(59)9-11-68-20-70-22-71-21-69-13-10-52-44(61)27-14-36-33(16-31(27)50)55-48(74-36)75(66,67)25-6-7-25/h14-17,23-25,39,65H,5-13,18-22H2,1-4H3,(H,52,61)(H,53,62)(H,56,59)(H,57,60)/t24-,39-,49-/m0/s1. The van der Waals surface area contributed by atoms with E-state index >= 15 is 4.39 Å². The number of benzene rings is 2. The number of pyridine rings is 2. The minimum absolute atomic E-state index is 0.0120. The van der Waals surface area contributed by atoms with E-state index in [1.165, 1.54) is 17.6 Å². The first kappa shape index (κ1) is 53.3. The number of rotatable bonds is 22. The summed E-state index contributed by atoms with van der Waals surface area (Å²) >= 11 is 0.897. The lowest BCUT2D eigenvalue weighted by atomic mass is 9.86. The number of cyclic esters (lactones) is 1. The summed E-state index contributed by atoms with van der Waals surface area (Å²) in [5, 5.41) is 21.5. The molecule has 9 rings (SSSR count). The van der Waals surface area contributed by atoms with Gasteiger partial charge >= 0.3 is 5.97 Å². The van der Waals surface area contributed by atoms with Gasteiger partial charge in [-0.05, 0) is 49.8 Å². The van der Waals surface area contributed by atoms with E-state index in [0.29, 0.717) is 46.3 Å². The molecule has 2 aromatic carbocycles. The third-order valence-electron chi connectivity index (χ3n) is 13.3. The van der Waals surface area contributed by atoms with E-state index in [0.717, 1.165) is 29.0 Å². The van der Waals surface area contributed by atoms with Gasteiger partial charge in [0.15, 0.2) is 24.0 Å². The van der Waals surface area contributed by atoms with Crippen molar-refractivity contribution in [3.05, 3.63) is 74.1 Å². The molecular weight excluding hydrogens is 1030 g/mol. The first-order chi connectivity index (χ1) is 35.8. The number of carbonyl (C=O) groups excluding carboxylic acids is 5. The van der Waals surface area contributed by atoms with Gasteiger partial charge in [-0.15, -0.1) is 11.3 Å². The van der Waals surface area contributed by atoms with Crippen LogP contribution >= 0.6 is 11.3 Å². The molecule has 26 heteroatoms. The third kappa shape index (κ3) is 10.6. The molecule has 1 fully saturated rings. The SMILES string of the molecule is CC[C@@]1(O)C(=O)OCc2c1cc1n(c2=O)Cc2c-1nc1cc(F)c(NC(=O)[C@H](C)NC(=O)[C@@H](NC(=O)CCOCOCOCOCCNC(=O)c3cc4sc(S(=O)(=O)C5CC5)nc4cc3F)C(C)C)c3c1c2CCO3. The molecule has 400 valence electrons. The Hall–Kier alpha value is -6.55. The van der Waals surface area contributed by atoms with Gasteiger partial charge in [0.25, 0.3) is 11.5 Å². The van der Waals surface area contributed by atoms with E-state index in [4.69, 9.17) is 33.4 Å². The fraction of sp³-hybridized carbons (Fsp3) is 0.469. The average Bonchev–Trinajstić information content (AvgIpc) is 4.09. The molecule has 0 unspecified atom stereocenters. The molecule has 0 bridgehead atoms. The second-order valence-corrected chi connectivity index (χ2v) is 22.1. The Bertz CT molecular complexity index is 3330. The van der Waals surface area contributed by atoms with Crippen molar-refractivity contribution in [1.29, 1.82) is 0 Å². The molecule has 3 aliphatic heterocycles. The zero-order chi connectivity index (χ0) is 53.5. The molecule has 6 heterocycles. The molecule has 0 spiro atoms. The largest absolute Gasteiger partial charge is 0.490 e. The summed E-state index contributed by atoms with van der Waals surface area (Å²) in [5.74, 6) is -5.65. The number of nitrogens with zero attached hydrogens (tertiary/aromatic N) is 3. The molecular formula is C49H53F2N7O15S2. The Balaban J connectivity index is 0.697. The summed E-state index contributed by atoms with van der Waals surface area (Å²) in [5.41, 5.74) is -0.209. The Morgan fingerprint density at radius 1 is 0.907 bits per heavy atom. The Kier molecular flexibility index (Phi) is 15.3. The van der Waals surface area contributed by atoms with Crippen LogP contribution in [0.25, 0.3) is 32.5 Å². The van der Waals surface area contributed by atoms with E-state index in [2.05, 4.69) is 26.3 Å². The maximum absolute atomic E-state index is 16.0. The van der Waals surface area contributed by atoms with Crippen molar-refractivity contribution in [2.75, 3.05) is 52.1 Å². The molecule has 1 saturated carbocycles. The fourth-order valence-corrected chi connectivity index (χ4v) is 12.2. The van der Waals surface area contributed by atoms with Crippen molar-refractivity contribution >= 4 is 77.6 Å². The van der Waals surface area contributed by atoms with Crippen molar-refractivity contribution in [3.8, 4) is 17.1 Å². The van der Waals surface area contributed by atoms with Crippen LogP contribution in [0.5, 0.6) is 5.75 Å². The van der Waals surface area contributed by atoms with Crippen LogP contribution in [-0.4, -0.2) is 122 Å². The van der Waals surface area contributed by atoms with Crippen molar-refractivity contribution in [2.24, 2.45) is 5.92 Å². The average molecular weight is 1080 g/mol. The quantitative estimate of drug-likeness (QED) is 0.0371. The molecule has 4 aliphatic rings. The minimum Gasteiger partial charge on any atom is -0.490 e. The maximum atomic E-state index is 16.0. The minimum atomic E-state index is -3.56. The van der Waals surface area contributed by atoms with Crippen molar-refractivity contribution in [2.45, 2.75) is 100 Å². The fourth-order valence-electron chi connectivity index (χ4n) is 9.04. The molecule has 5 N–H and O–H groups in total. The van der Waals surface area contributed by atoms with Gasteiger partial charge < -0.3 is 59.4 Å². The predicted octanol–water partition coefficient (Wildman–Crippen LogP) is 3.18. The highest BCUT2D eigenvalue weighted by Crippen LogP contribution is 2.46. The Labute approximate surface area is 430 Å². The summed E-state index contributed by atoms with van der Waals surface area (Å²) in [4.78, 5) is 87.7. The number of sulfone groups is 1. The molecule has 1 aliphatic carbocycles. The number of amides is 4. The number of esters is 1. The van der Waals surface area contributed by atoms with Crippen molar-refractivity contribution in [1.82, 2.24) is 30.5 Å². The Morgan fingerprint density at radius 2 is 1.63 bits per heavy atom. The molecule has 3 aromatic heterocycles. The van der Waals surface area contributed by atoms with Gasteiger partial charge in [0.05, 0.1) is 76.3 Å². The van der Waals surface area contributed by atoms with Gasteiger partial charge in [-0.25, -0.2) is 32.0 Å². The molecule has 3 atom stereocenters. The number of ether oxygens (including phenoxy) is 6. The zero-order valence-corrected chi connectivity index (χ0v) is 42.7. The lowest BCUT2D eigenvalue weighted by Crippen LogP contribution is -2.53. The second-order valence-electron chi connectivity index (χ2n) is 18.7. The first-order valence-electron chi connectivity index (χ1n) is 24.1. The van der Waals surface area contributed by atoms with E-state index in [1.54, 1.807) is 26.8 Å². The van der Waals surface area contributed by atoms with Gasteiger partial charge in [0.1, 0.15) is 43.8 Å². The summed E-state index contributed by atoms with van der Waals surface area (Å²) in [6, 6.07) is 2.75. The van der Waals surface area contributed by atoms with Crippen molar-refractivity contribution < 1.29 is 74.7 Å². The van der Waals surface area contributed by atoms with E-state index < -0.39 is 85.5 Å². The summed E-state index contributed by atoms with van der Waals surface area (Å²) in [7, 11) is -3.56. The molecule has 4 amide bonds. The van der Waals surface area contributed by atoms with Crippen molar-refractivity contribution in [3.63, 3.8) is 0 Å². The number of anilines is 1. The second kappa shape index (κ2) is 21.6. The van der Waals surface area contributed by atoms with Crippen LogP contribution < -0.4 is 31.6 Å². The van der Waals surface area contributed by atoms with E-state index in [9.17, 15) is 46.7 Å². The number of carbonyl (C=O) groups is 5. The topological polar surface area (TPSA) is 291 Å². The van der Waals surface area contributed by atoms with Crippen LogP contribution in [0, 0.1) is 17.6 Å². The lowest BCUT2D eigenvalue weighted by molar-refractivity contribution is -0.172. The monoisotopic (exact) mass is 1080 g/mol. The van der Waals surface area contributed by atoms with Gasteiger partial charge in [0, 0.05) is 41.6 Å². The van der Waals surface area contributed by atoms with Gasteiger partial charge in [-0.3, -0.25) is 24.0 Å². The summed E-state index contributed by atoms with van der Waals surface area (Å²) in [6.45, 7) is 5.55. The predicted molar refractivity (Wildman–Crippen MR) is 262 cm³/mol. The third-order valence-corrected chi connectivity index (χ3v) is 17.0. The number of halogens is 2. The summed E-state index contributed by atoms with van der Waals surface area (Å²) < 4.78 is 89.7. The maximum Gasteiger partial charge on any atom is 0.343 e. The molecule has 0 radical (unpaired) electrons. The van der Waals surface area contributed by atoms with Crippen LogP contribution in [0.3, 0.4) is 0 Å². The van der Waals surface area contributed by atoms with Crippen LogP contribution in [0.2, 0.25) is 0 Å². The first-order valence-corrected chi connectivity index (χ1v) is 26.5. The number of nitrogens with one attached hydrogen (secondary N) is 4. The smallest absolute Gasteiger partial charge is 0.343 e. The molecule has 5 aromatic rings. The van der Waals surface area contributed by atoms with Crippen LogP contribution in [-0.2, 0) is 77.9 Å². The van der Waals surface area contributed by atoms with Crippen LogP contribution in [0.1, 0.15) is 86.0 Å². The summed E-state index contributed by atoms with van der Waals surface area (Å²) in [6.07, 6.45) is 1.32. The Morgan fingerprint density at radius 3 is 2.35 bits per heavy atom. The number of aromatic nitrogens is 3. The number of thiazole rings is 1. The van der Waals surface area contributed by atoms with Crippen LogP contribution in [0.15, 0.2) is 33.4 Å². The van der Waals surface area contributed by atoms with Gasteiger partial charge in [0.2, 0.25) is 31.9 Å². The number of hydrogen-bond acceptors (Lipinski definition) is 18. The van der Waals surface area contributed by atoms with E-state index in [1.807, 2.05) is 0 Å².